The van der Waals surface area contributed by atoms with Crippen molar-refractivity contribution in [3.63, 3.8) is 0 Å². The number of carbonyl (C=O) groups excluding carboxylic acids is 1. The van der Waals surface area contributed by atoms with E-state index in [0.29, 0.717) is 5.88 Å². The van der Waals surface area contributed by atoms with Crippen molar-refractivity contribution in [2.75, 3.05) is 12.4 Å². The average Bonchev–Trinajstić information content (AvgIpc) is 2.46. The van der Waals surface area contributed by atoms with Gasteiger partial charge in [0.15, 0.2) is 0 Å². The highest BCUT2D eigenvalue weighted by Crippen LogP contribution is 2.31. The van der Waals surface area contributed by atoms with Gasteiger partial charge in [-0.3, -0.25) is 9.79 Å². The van der Waals surface area contributed by atoms with Gasteiger partial charge >= 0.3 is 0 Å². The first kappa shape index (κ1) is 17.3. The molecule has 0 fully saturated rings. The summed E-state index contributed by atoms with van der Waals surface area (Å²) in [6.45, 7) is 4.98. The molecule has 0 aliphatic carbocycles. The second-order valence-corrected chi connectivity index (χ2v) is 5.61. The Morgan fingerprint density at radius 3 is 2.71 bits per heavy atom. The van der Waals surface area contributed by atoms with Crippen molar-refractivity contribution in [1.82, 2.24) is 5.32 Å². The van der Waals surface area contributed by atoms with Crippen LogP contribution in [0.5, 0.6) is 0 Å². The van der Waals surface area contributed by atoms with E-state index in [1.54, 1.807) is 18.1 Å². The van der Waals surface area contributed by atoms with Crippen LogP contribution in [0.15, 0.2) is 40.9 Å². The summed E-state index contributed by atoms with van der Waals surface area (Å²) in [5, 5.41) is 3.11. The number of carbonyl (C=O) groups is 1. The normalized spacial score (nSPS) is 12.3. The number of hydrogen-bond acceptors (Lipinski definition) is 3. The van der Waals surface area contributed by atoms with Gasteiger partial charge in [-0.1, -0.05) is 37.3 Å². The second-order valence-electron chi connectivity index (χ2n) is 4.66. The zero-order chi connectivity index (χ0) is 15.5. The van der Waals surface area contributed by atoms with Crippen molar-refractivity contribution in [3.8, 4) is 0 Å². The molecule has 0 radical (unpaired) electrons. The molecule has 0 saturated heterocycles. The summed E-state index contributed by atoms with van der Waals surface area (Å²) in [4.78, 5) is 16.5. The van der Waals surface area contributed by atoms with E-state index in [2.05, 4.69) is 17.2 Å². The predicted molar refractivity (Wildman–Crippen MR) is 92.1 cm³/mol. The van der Waals surface area contributed by atoms with Crippen LogP contribution in [-0.2, 0) is 4.79 Å². The standard InChI is InChI=1S/C16H23N3OS/c1-3-9-18-11-19-12-21-16(13(2)10-15(17)20)14-7-5-4-6-8-14/h4-8,11H,3,9-10,12H2,1-2H3,(H2,17,20)(H,18,19)/b16-13-. The molecular formula is C16H23N3OS. The van der Waals surface area contributed by atoms with Gasteiger partial charge in [-0.25, -0.2) is 0 Å². The maximum absolute atomic E-state index is 11.1. The second kappa shape index (κ2) is 10.0. The van der Waals surface area contributed by atoms with Gasteiger partial charge in [0.1, 0.15) is 0 Å². The number of nitrogens with zero attached hydrogens (tertiary/aromatic N) is 1. The van der Waals surface area contributed by atoms with E-state index in [-0.39, 0.29) is 12.3 Å². The number of primary amides is 1. The molecule has 21 heavy (non-hydrogen) atoms. The van der Waals surface area contributed by atoms with Gasteiger partial charge in [0.25, 0.3) is 0 Å². The van der Waals surface area contributed by atoms with E-state index in [9.17, 15) is 4.79 Å². The molecule has 0 aliphatic heterocycles. The minimum absolute atomic E-state index is 0.273. The van der Waals surface area contributed by atoms with Gasteiger partial charge in [-0.15, -0.1) is 11.8 Å². The lowest BCUT2D eigenvalue weighted by atomic mass is 10.1. The predicted octanol–water partition coefficient (Wildman–Crippen LogP) is 3.01. The maximum Gasteiger partial charge on any atom is 0.221 e. The van der Waals surface area contributed by atoms with Gasteiger partial charge in [0.2, 0.25) is 5.91 Å². The topological polar surface area (TPSA) is 67.5 Å². The van der Waals surface area contributed by atoms with Crippen molar-refractivity contribution in [1.29, 1.82) is 0 Å². The lowest BCUT2D eigenvalue weighted by Gasteiger charge is -2.10. The van der Waals surface area contributed by atoms with Crippen LogP contribution in [0.2, 0.25) is 0 Å². The lowest BCUT2D eigenvalue weighted by Crippen LogP contribution is -2.11. The molecule has 1 amide bonds. The number of thioether (sulfide) groups is 1. The van der Waals surface area contributed by atoms with Crippen LogP contribution in [0.4, 0.5) is 0 Å². The summed E-state index contributed by atoms with van der Waals surface area (Å²) in [6.07, 6.45) is 3.09. The highest BCUT2D eigenvalue weighted by Gasteiger charge is 2.08. The van der Waals surface area contributed by atoms with Gasteiger partial charge in [0, 0.05) is 17.9 Å². The molecule has 0 unspecified atom stereocenters. The highest BCUT2D eigenvalue weighted by atomic mass is 32.2. The van der Waals surface area contributed by atoms with E-state index in [4.69, 9.17) is 5.73 Å². The smallest absolute Gasteiger partial charge is 0.221 e. The summed E-state index contributed by atoms with van der Waals surface area (Å²) < 4.78 is 0. The Kier molecular flexibility index (Phi) is 8.28. The van der Waals surface area contributed by atoms with Crippen LogP contribution in [0.3, 0.4) is 0 Å². The summed E-state index contributed by atoms with van der Waals surface area (Å²) in [6, 6.07) is 10.0. The molecule has 0 atom stereocenters. The Morgan fingerprint density at radius 1 is 1.38 bits per heavy atom. The van der Waals surface area contributed by atoms with E-state index in [0.717, 1.165) is 29.0 Å². The van der Waals surface area contributed by atoms with E-state index >= 15 is 0 Å². The molecule has 3 N–H and O–H groups in total. The number of hydrogen-bond donors (Lipinski definition) is 2. The Balaban J connectivity index is 2.74. The summed E-state index contributed by atoms with van der Waals surface area (Å²) in [5.74, 6) is 0.298. The van der Waals surface area contributed by atoms with Gasteiger partial charge < -0.3 is 11.1 Å². The number of nitrogens with one attached hydrogen (secondary N) is 1. The molecule has 5 heteroatoms. The zero-order valence-electron chi connectivity index (χ0n) is 12.6. The van der Waals surface area contributed by atoms with E-state index in [1.807, 2.05) is 37.3 Å². The van der Waals surface area contributed by atoms with Crippen LogP contribution in [0, 0.1) is 0 Å². The monoisotopic (exact) mass is 305 g/mol. The molecule has 0 heterocycles. The molecule has 4 nitrogen and oxygen atoms in total. The number of nitrogens with two attached hydrogens (primary N) is 1. The Bertz CT molecular complexity index is 498. The van der Waals surface area contributed by atoms with Crippen molar-refractivity contribution in [3.05, 3.63) is 41.5 Å². The minimum atomic E-state index is -0.311. The van der Waals surface area contributed by atoms with Crippen molar-refractivity contribution in [2.24, 2.45) is 10.7 Å². The molecule has 1 aromatic rings. The number of aliphatic imine (C=N–C) groups is 1. The fraction of sp³-hybridized carbons (Fsp3) is 0.375. The molecule has 1 rings (SSSR count). The zero-order valence-corrected chi connectivity index (χ0v) is 13.5. The van der Waals surface area contributed by atoms with Crippen molar-refractivity contribution in [2.45, 2.75) is 26.7 Å². The molecule has 0 spiro atoms. The quantitative estimate of drug-likeness (QED) is 0.419. The van der Waals surface area contributed by atoms with Crippen LogP contribution >= 0.6 is 11.8 Å². The molecular weight excluding hydrogens is 282 g/mol. The molecule has 0 aliphatic rings. The Labute approximate surface area is 130 Å². The molecule has 0 saturated carbocycles. The van der Waals surface area contributed by atoms with Gasteiger partial charge in [-0.05, 0) is 24.5 Å². The largest absolute Gasteiger partial charge is 0.376 e. The number of rotatable bonds is 9. The van der Waals surface area contributed by atoms with Gasteiger partial charge in [0.05, 0.1) is 12.2 Å². The van der Waals surface area contributed by atoms with Crippen LogP contribution in [-0.4, -0.2) is 24.7 Å². The molecule has 1 aromatic carbocycles. The summed E-state index contributed by atoms with van der Waals surface area (Å²) >= 11 is 1.62. The van der Waals surface area contributed by atoms with Crippen molar-refractivity contribution >= 4 is 28.9 Å². The fourth-order valence-corrected chi connectivity index (χ4v) is 2.70. The third kappa shape index (κ3) is 6.99. The molecule has 0 bridgehead atoms. The van der Waals surface area contributed by atoms with Gasteiger partial charge in [-0.2, -0.15) is 0 Å². The molecule has 0 aromatic heterocycles. The third-order valence-corrected chi connectivity index (χ3v) is 3.87. The van der Waals surface area contributed by atoms with Crippen LogP contribution in [0.25, 0.3) is 4.91 Å². The first-order chi connectivity index (χ1) is 10.1. The number of benzene rings is 1. The first-order valence-electron chi connectivity index (χ1n) is 7.03. The first-order valence-corrected chi connectivity index (χ1v) is 8.01. The molecule has 114 valence electrons. The number of amides is 1. The average molecular weight is 305 g/mol. The van der Waals surface area contributed by atoms with Crippen LogP contribution < -0.4 is 11.1 Å². The third-order valence-electron chi connectivity index (χ3n) is 2.72. The highest BCUT2D eigenvalue weighted by molar-refractivity contribution is 8.08. The lowest BCUT2D eigenvalue weighted by molar-refractivity contribution is -0.117. The Hall–Kier alpha value is -1.75. The minimum Gasteiger partial charge on any atom is -0.376 e. The van der Waals surface area contributed by atoms with Crippen LogP contribution in [0.1, 0.15) is 32.3 Å². The summed E-state index contributed by atoms with van der Waals surface area (Å²) in [5.41, 5.74) is 7.37. The summed E-state index contributed by atoms with van der Waals surface area (Å²) in [7, 11) is 0. The fourth-order valence-electron chi connectivity index (χ4n) is 1.80. The Morgan fingerprint density at radius 2 is 2.10 bits per heavy atom. The SMILES string of the molecule is CCCN/C=N/CS/C(=C(/C)CC(N)=O)c1ccccc1. The van der Waals surface area contributed by atoms with Crippen molar-refractivity contribution < 1.29 is 4.79 Å². The van der Waals surface area contributed by atoms with E-state index in [1.165, 1.54) is 0 Å². The van der Waals surface area contributed by atoms with E-state index < -0.39 is 0 Å². The maximum atomic E-state index is 11.1.